The topological polar surface area (TPSA) is 124 Å². The SMILES string of the molecule is N#Cc1c(F)cccc1Nc1cc(-c2cccnc2)nc(NCC(=O)O)n1. The van der Waals surface area contributed by atoms with Crippen LogP contribution in [0.5, 0.6) is 0 Å². The van der Waals surface area contributed by atoms with Gasteiger partial charge in [-0.2, -0.15) is 10.2 Å². The highest BCUT2D eigenvalue weighted by molar-refractivity contribution is 5.73. The van der Waals surface area contributed by atoms with Crippen molar-refractivity contribution in [2.24, 2.45) is 0 Å². The number of nitrogens with zero attached hydrogens (tertiary/aromatic N) is 4. The van der Waals surface area contributed by atoms with E-state index >= 15 is 0 Å². The Labute approximate surface area is 153 Å². The van der Waals surface area contributed by atoms with Gasteiger partial charge in [-0.15, -0.1) is 0 Å². The lowest BCUT2D eigenvalue weighted by Gasteiger charge is -2.12. The highest BCUT2D eigenvalue weighted by Gasteiger charge is 2.12. The molecular weight excluding hydrogens is 351 g/mol. The summed E-state index contributed by atoms with van der Waals surface area (Å²) in [5.74, 6) is -1.40. The molecule has 134 valence electrons. The lowest BCUT2D eigenvalue weighted by molar-refractivity contribution is -0.134. The van der Waals surface area contributed by atoms with Crippen LogP contribution in [0.3, 0.4) is 0 Å². The normalized spacial score (nSPS) is 10.1. The molecule has 0 fully saturated rings. The Balaban J connectivity index is 2.01. The average Bonchev–Trinajstić information content (AvgIpc) is 2.67. The summed E-state index contributed by atoms with van der Waals surface area (Å²) in [7, 11) is 0. The fourth-order valence-electron chi connectivity index (χ4n) is 2.29. The zero-order valence-corrected chi connectivity index (χ0v) is 13.8. The molecule has 0 unspecified atom stereocenters. The summed E-state index contributed by atoms with van der Waals surface area (Å²) in [5, 5.41) is 23.5. The minimum Gasteiger partial charge on any atom is -0.480 e. The van der Waals surface area contributed by atoms with Crippen molar-refractivity contribution in [3.05, 3.63) is 60.2 Å². The minimum atomic E-state index is -1.07. The molecule has 3 aromatic rings. The van der Waals surface area contributed by atoms with Crippen LogP contribution >= 0.6 is 0 Å². The molecular formula is C18H13FN6O2. The summed E-state index contributed by atoms with van der Waals surface area (Å²) in [4.78, 5) is 23.3. The number of pyridine rings is 1. The smallest absolute Gasteiger partial charge is 0.322 e. The standard InChI is InChI=1S/C18H13FN6O2/c19-13-4-1-5-14(12(13)8-20)23-16-7-15(11-3-2-6-21-9-11)24-18(25-16)22-10-17(26)27/h1-7,9H,10H2,(H,26,27)(H2,22,23,24,25). The first-order valence-electron chi connectivity index (χ1n) is 7.77. The number of nitrogens with one attached hydrogen (secondary N) is 2. The number of hydrogen-bond donors (Lipinski definition) is 3. The molecule has 3 N–H and O–H groups in total. The highest BCUT2D eigenvalue weighted by atomic mass is 19.1. The van der Waals surface area contributed by atoms with Crippen LogP contribution in [0, 0.1) is 17.1 Å². The maximum absolute atomic E-state index is 13.8. The lowest BCUT2D eigenvalue weighted by atomic mass is 10.1. The maximum Gasteiger partial charge on any atom is 0.322 e. The summed E-state index contributed by atoms with van der Waals surface area (Å²) >= 11 is 0. The van der Waals surface area contributed by atoms with Gasteiger partial charge in [0.1, 0.15) is 29.8 Å². The van der Waals surface area contributed by atoms with Gasteiger partial charge in [0.05, 0.1) is 11.4 Å². The third kappa shape index (κ3) is 4.32. The van der Waals surface area contributed by atoms with Crippen molar-refractivity contribution >= 4 is 23.4 Å². The van der Waals surface area contributed by atoms with Gasteiger partial charge in [-0.3, -0.25) is 9.78 Å². The third-order valence-electron chi connectivity index (χ3n) is 3.47. The van der Waals surface area contributed by atoms with E-state index < -0.39 is 11.8 Å². The van der Waals surface area contributed by atoms with Gasteiger partial charge in [0.15, 0.2) is 0 Å². The molecule has 0 saturated heterocycles. The fraction of sp³-hybridized carbons (Fsp3) is 0.0556. The van der Waals surface area contributed by atoms with Gasteiger partial charge in [0, 0.05) is 24.0 Å². The Bertz CT molecular complexity index is 1020. The molecule has 0 saturated carbocycles. The van der Waals surface area contributed by atoms with Crippen LogP contribution < -0.4 is 10.6 Å². The third-order valence-corrected chi connectivity index (χ3v) is 3.47. The van der Waals surface area contributed by atoms with E-state index in [2.05, 4.69) is 25.6 Å². The van der Waals surface area contributed by atoms with Crippen LogP contribution in [0.15, 0.2) is 48.8 Å². The van der Waals surface area contributed by atoms with Crippen molar-refractivity contribution in [1.29, 1.82) is 5.26 Å². The summed E-state index contributed by atoms with van der Waals surface area (Å²) in [5.41, 5.74) is 1.24. The average molecular weight is 364 g/mol. The number of anilines is 3. The van der Waals surface area contributed by atoms with Crippen molar-refractivity contribution in [2.75, 3.05) is 17.2 Å². The van der Waals surface area contributed by atoms with Gasteiger partial charge in [-0.05, 0) is 24.3 Å². The molecule has 0 bridgehead atoms. The first-order valence-corrected chi connectivity index (χ1v) is 7.77. The van der Waals surface area contributed by atoms with Crippen LogP contribution in [-0.4, -0.2) is 32.6 Å². The number of aliphatic carboxylic acids is 1. The number of carboxylic acid groups (broad SMARTS) is 1. The first kappa shape index (κ1) is 17.8. The number of carbonyl (C=O) groups is 1. The van der Waals surface area contributed by atoms with Gasteiger partial charge < -0.3 is 15.7 Å². The van der Waals surface area contributed by atoms with E-state index in [-0.39, 0.29) is 29.6 Å². The lowest BCUT2D eigenvalue weighted by Crippen LogP contribution is -2.15. The zero-order valence-electron chi connectivity index (χ0n) is 13.8. The van der Waals surface area contributed by atoms with Crippen LogP contribution in [0.2, 0.25) is 0 Å². The van der Waals surface area contributed by atoms with E-state index in [1.165, 1.54) is 18.2 Å². The quantitative estimate of drug-likeness (QED) is 0.610. The number of hydrogen-bond acceptors (Lipinski definition) is 7. The van der Waals surface area contributed by atoms with Crippen molar-refractivity contribution < 1.29 is 14.3 Å². The van der Waals surface area contributed by atoms with E-state index in [9.17, 15) is 9.18 Å². The second-order valence-electron chi connectivity index (χ2n) is 5.35. The highest BCUT2D eigenvalue weighted by Crippen LogP contribution is 2.25. The van der Waals surface area contributed by atoms with E-state index in [1.54, 1.807) is 36.7 Å². The van der Waals surface area contributed by atoms with Gasteiger partial charge in [-0.1, -0.05) is 6.07 Å². The molecule has 0 atom stereocenters. The molecule has 8 nitrogen and oxygen atoms in total. The Morgan fingerprint density at radius 2 is 2.11 bits per heavy atom. The molecule has 9 heteroatoms. The van der Waals surface area contributed by atoms with Gasteiger partial charge >= 0.3 is 5.97 Å². The summed E-state index contributed by atoms with van der Waals surface area (Å²) in [6, 6.07) is 11.1. The number of carboxylic acids is 1. The Morgan fingerprint density at radius 1 is 1.26 bits per heavy atom. The van der Waals surface area contributed by atoms with Crippen molar-refractivity contribution in [3.63, 3.8) is 0 Å². The molecule has 0 aliphatic carbocycles. The molecule has 0 spiro atoms. The van der Waals surface area contributed by atoms with Gasteiger partial charge in [-0.25, -0.2) is 9.37 Å². The summed E-state index contributed by atoms with van der Waals surface area (Å²) in [6.07, 6.45) is 3.20. The fourth-order valence-corrected chi connectivity index (χ4v) is 2.29. The van der Waals surface area contributed by atoms with Crippen molar-refractivity contribution in [2.45, 2.75) is 0 Å². The summed E-state index contributed by atoms with van der Waals surface area (Å²) in [6.45, 7) is -0.376. The van der Waals surface area contributed by atoms with E-state index in [0.29, 0.717) is 11.3 Å². The molecule has 27 heavy (non-hydrogen) atoms. The Kier molecular flexibility index (Phi) is 5.18. The summed E-state index contributed by atoms with van der Waals surface area (Å²) < 4.78 is 13.8. The molecule has 0 amide bonds. The molecule has 0 aliphatic heterocycles. The molecule has 1 aromatic carbocycles. The van der Waals surface area contributed by atoms with Crippen molar-refractivity contribution in [3.8, 4) is 17.3 Å². The molecule has 2 heterocycles. The van der Waals surface area contributed by atoms with Crippen LogP contribution in [0.1, 0.15) is 5.56 Å². The van der Waals surface area contributed by atoms with Crippen LogP contribution in [0.25, 0.3) is 11.3 Å². The van der Waals surface area contributed by atoms with E-state index in [0.717, 1.165) is 0 Å². The van der Waals surface area contributed by atoms with Crippen molar-refractivity contribution in [1.82, 2.24) is 15.0 Å². The first-order chi connectivity index (χ1) is 13.1. The molecule has 2 aromatic heterocycles. The zero-order chi connectivity index (χ0) is 19.2. The number of nitriles is 1. The second kappa shape index (κ2) is 7.88. The predicted molar refractivity (Wildman–Crippen MR) is 95.8 cm³/mol. The monoisotopic (exact) mass is 364 g/mol. The molecule has 0 radical (unpaired) electrons. The molecule has 0 aliphatic rings. The number of aromatic nitrogens is 3. The minimum absolute atomic E-state index is 0.0659. The number of rotatable bonds is 6. The van der Waals surface area contributed by atoms with Crippen LogP contribution in [0.4, 0.5) is 21.8 Å². The van der Waals surface area contributed by atoms with Crippen LogP contribution in [-0.2, 0) is 4.79 Å². The second-order valence-corrected chi connectivity index (χ2v) is 5.35. The maximum atomic E-state index is 13.8. The number of benzene rings is 1. The van der Waals surface area contributed by atoms with Gasteiger partial charge in [0.2, 0.25) is 5.95 Å². The predicted octanol–water partition coefficient (Wildman–Crippen LogP) is 2.79. The molecule has 3 rings (SSSR count). The largest absolute Gasteiger partial charge is 0.480 e. The number of halogens is 1. The Hall–Kier alpha value is -4.06. The Morgan fingerprint density at radius 3 is 2.81 bits per heavy atom. The van der Waals surface area contributed by atoms with Gasteiger partial charge in [0.25, 0.3) is 0 Å². The van der Waals surface area contributed by atoms with E-state index in [4.69, 9.17) is 10.4 Å². The van der Waals surface area contributed by atoms with E-state index in [1.807, 2.05) is 0 Å².